The average molecular weight is 237 g/mol. The van der Waals surface area contributed by atoms with Crippen LogP contribution in [0.25, 0.3) is 0 Å². The van der Waals surface area contributed by atoms with Crippen molar-refractivity contribution in [1.82, 2.24) is 9.78 Å². The van der Waals surface area contributed by atoms with Crippen LogP contribution < -0.4 is 5.73 Å². The van der Waals surface area contributed by atoms with Crippen molar-refractivity contribution in [2.45, 2.75) is 44.6 Å². The molecular weight excluding hydrogens is 214 g/mol. The Labute approximate surface area is 103 Å². The smallest absolute Gasteiger partial charge is 0.0689 e. The molecule has 0 saturated carbocycles. The first kappa shape index (κ1) is 12.6. The molecule has 0 unspecified atom stereocenters. The summed E-state index contributed by atoms with van der Waals surface area (Å²) in [6, 6.07) is 0.262. The first-order valence-electron chi connectivity index (χ1n) is 6.52. The zero-order valence-corrected chi connectivity index (χ0v) is 10.9. The lowest BCUT2D eigenvalue weighted by molar-refractivity contribution is 0.0842. The summed E-state index contributed by atoms with van der Waals surface area (Å²) < 4.78 is 7.34. The summed E-state index contributed by atoms with van der Waals surface area (Å²) in [5.41, 5.74) is 8.47. The van der Waals surface area contributed by atoms with Gasteiger partial charge < -0.3 is 10.5 Å². The van der Waals surface area contributed by atoms with Crippen molar-refractivity contribution in [3.63, 3.8) is 0 Å². The molecule has 2 N–H and O–H groups in total. The van der Waals surface area contributed by atoms with Gasteiger partial charge in [0.15, 0.2) is 0 Å². The number of nitrogens with zero attached hydrogens (tertiary/aromatic N) is 2. The van der Waals surface area contributed by atoms with Crippen molar-refractivity contribution in [2.24, 2.45) is 12.8 Å². The van der Waals surface area contributed by atoms with E-state index in [-0.39, 0.29) is 6.04 Å². The molecule has 0 aromatic carbocycles. The second kappa shape index (κ2) is 5.65. The number of ether oxygens (including phenoxy) is 1. The van der Waals surface area contributed by atoms with Gasteiger partial charge in [0.2, 0.25) is 0 Å². The lowest BCUT2D eigenvalue weighted by Gasteiger charge is -2.21. The number of hydrogen-bond donors (Lipinski definition) is 1. The Morgan fingerprint density at radius 2 is 2.24 bits per heavy atom. The molecule has 96 valence electrons. The fraction of sp³-hybridized carbons (Fsp3) is 0.769. The normalized spacial score (nSPS) is 19.5. The maximum Gasteiger partial charge on any atom is 0.0689 e. The lowest BCUT2D eigenvalue weighted by atomic mass is 9.92. The summed E-state index contributed by atoms with van der Waals surface area (Å²) >= 11 is 0. The van der Waals surface area contributed by atoms with Crippen LogP contribution in [-0.4, -0.2) is 29.0 Å². The minimum absolute atomic E-state index is 0.262. The van der Waals surface area contributed by atoms with Crippen LogP contribution >= 0.6 is 0 Å². The van der Waals surface area contributed by atoms with E-state index in [1.807, 2.05) is 11.7 Å². The summed E-state index contributed by atoms with van der Waals surface area (Å²) in [6.07, 6.45) is 6.41. The predicted octanol–water partition coefficient (Wildman–Crippen LogP) is 1.59. The second-order valence-electron chi connectivity index (χ2n) is 5.12. The molecule has 0 amide bonds. The van der Waals surface area contributed by atoms with Crippen LogP contribution in [0.5, 0.6) is 0 Å². The third-order valence-corrected chi connectivity index (χ3v) is 3.41. The van der Waals surface area contributed by atoms with E-state index in [9.17, 15) is 0 Å². The molecule has 0 bridgehead atoms. The van der Waals surface area contributed by atoms with E-state index < -0.39 is 0 Å². The van der Waals surface area contributed by atoms with Crippen LogP contribution in [0.4, 0.5) is 0 Å². The topological polar surface area (TPSA) is 53.1 Å². The number of nitrogens with two attached hydrogens (primary N) is 1. The molecule has 1 aromatic heterocycles. The van der Waals surface area contributed by atoms with Crippen LogP contribution in [0.15, 0.2) is 6.20 Å². The highest BCUT2D eigenvalue weighted by atomic mass is 16.5. The molecule has 1 atom stereocenters. The zero-order valence-electron chi connectivity index (χ0n) is 10.9. The minimum Gasteiger partial charge on any atom is -0.381 e. The van der Waals surface area contributed by atoms with E-state index in [2.05, 4.69) is 18.2 Å². The highest BCUT2D eigenvalue weighted by Crippen LogP contribution is 2.28. The molecule has 0 aliphatic carbocycles. The van der Waals surface area contributed by atoms with Gasteiger partial charge in [-0.2, -0.15) is 5.10 Å². The van der Waals surface area contributed by atoms with Gasteiger partial charge in [0.25, 0.3) is 0 Å². The van der Waals surface area contributed by atoms with Crippen LogP contribution in [0.3, 0.4) is 0 Å². The van der Waals surface area contributed by atoms with Crippen molar-refractivity contribution < 1.29 is 4.74 Å². The lowest BCUT2D eigenvalue weighted by Crippen LogP contribution is -2.18. The molecule has 17 heavy (non-hydrogen) atoms. The van der Waals surface area contributed by atoms with Crippen LogP contribution in [0.1, 0.15) is 43.4 Å². The largest absolute Gasteiger partial charge is 0.381 e. The van der Waals surface area contributed by atoms with Crippen LogP contribution in [0.2, 0.25) is 0 Å². The molecular formula is C13H23N3O. The summed E-state index contributed by atoms with van der Waals surface area (Å²) in [4.78, 5) is 0. The number of hydrogen-bond acceptors (Lipinski definition) is 3. The Balaban J connectivity index is 2.08. The Morgan fingerprint density at radius 1 is 1.53 bits per heavy atom. The van der Waals surface area contributed by atoms with Crippen molar-refractivity contribution in [3.05, 3.63) is 17.5 Å². The molecule has 1 aromatic rings. The van der Waals surface area contributed by atoms with E-state index in [4.69, 9.17) is 10.5 Å². The van der Waals surface area contributed by atoms with Gasteiger partial charge in [-0.3, -0.25) is 4.68 Å². The van der Waals surface area contributed by atoms with E-state index >= 15 is 0 Å². The van der Waals surface area contributed by atoms with Crippen molar-refractivity contribution >= 4 is 0 Å². The summed E-state index contributed by atoms with van der Waals surface area (Å²) in [7, 11) is 2.00. The Kier molecular flexibility index (Phi) is 4.18. The summed E-state index contributed by atoms with van der Waals surface area (Å²) in [5.74, 6) is 0.577. The maximum atomic E-state index is 5.83. The van der Waals surface area contributed by atoms with Gasteiger partial charge in [0.05, 0.1) is 5.69 Å². The predicted molar refractivity (Wildman–Crippen MR) is 68.0 cm³/mol. The molecule has 4 nitrogen and oxygen atoms in total. The highest BCUT2D eigenvalue weighted by Gasteiger charge is 2.21. The van der Waals surface area contributed by atoms with Gasteiger partial charge in [-0.25, -0.2) is 0 Å². The third kappa shape index (κ3) is 3.30. The maximum absolute atomic E-state index is 5.83. The van der Waals surface area contributed by atoms with E-state index in [0.29, 0.717) is 5.92 Å². The highest BCUT2D eigenvalue weighted by molar-refractivity contribution is 5.22. The van der Waals surface area contributed by atoms with Gasteiger partial charge in [-0.1, -0.05) is 0 Å². The molecule has 2 heterocycles. The SMILES string of the molecule is C[C@H](N)CCc1cn(C)nc1C1CCOCC1. The quantitative estimate of drug-likeness (QED) is 0.865. The Morgan fingerprint density at radius 3 is 2.88 bits per heavy atom. The number of aryl methyl sites for hydroxylation is 2. The second-order valence-corrected chi connectivity index (χ2v) is 5.12. The van der Waals surface area contributed by atoms with E-state index in [1.165, 1.54) is 11.3 Å². The number of rotatable bonds is 4. The third-order valence-electron chi connectivity index (χ3n) is 3.41. The monoisotopic (exact) mass is 237 g/mol. The Bertz CT molecular complexity index is 354. The molecule has 1 aliphatic heterocycles. The minimum atomic E-state index is 0.262. The standard InChI is InChI=1S/C13H23N3O/c1-10(14)3-4-12-9-16(2)15-13(12)11-5-7-17-8-6-11/h9-11H,3-8,14H2,1-2H3/t10-/m0/s1. The molecule has 0 spiro atoms. The molecule has 0 radical (unpaired) electrons. The average Bonchev–Trinajstić information content (AvgIpc) is 2.69. The van der Waals surface area contributed by atoms with Crippen molar-refractivity contribution in [3.8, 4) is 0 Å². The number of aromatic nitrogens is 2. The van der Waals surface area contributed by atoms with Gasteiger partial charge in [-0.15, -0.1) is 0 Å². The molecule has 2 rings (SSSR count). The molecule has 4 heteroatoms. The first-order chi connectivity index (χ1) is 8.16. The van der Waals surface area contributed by atoms with Crippen LogP contribution in [0, 0.1) is 0 Å². The first-order valence-corrected chi connectivity index (χ1v) is 6.52. The van der Waals surface area contributed by atoms with E-state index in [1.54, 1.807) is 0 Å². The van der Waals surface area contributed by atoms with Crippen LogP contribution in [-0.2, 0) is 18.2 Å². The van der Waals surface area contributed by atoms with Crippen molar-refractivity contribution in [2.75, 3.05) is 13.2 Å². The fourth-order valence-corrected chi connectivity index (χ4v) is 2.45. The fourth-order valence-electron chi connectivity index (χ4n) is 2.45. The Hall–Kier alpha value is -0.870. The van der Waals surface area contributed by atoms with Gasteiger partial charge in [0.1, 0.15) is 0 Å². The van der Waals surface area contributed by atoms with E-state index in [0.717, 1.165) is 38.9 Å². The summed E-state index contributed by atoms with van der Waals surface area (Å²) in [5, 5.41) is 4.63. The molecule has 1 aliphatic rings. The van der Waals surface area contributed by atoms with Gasteiger partial charge in [-0.05, 0) is 38.2 Å². The van der Waals surface area contributed by atoms with Crippen molar-refractivity contribution in [1.29, 1.82) is 0 Å². The molecule has 1 fully saturated rings. The van der Waals surface area contributed by atoms with Gasteiger partial charge >= 0.3 is 0 Å². The zero-order chi connectivity index (χ0) is 12.3. The van der Waals surface area contributed by atoms with Gasteiger partial charge in [0, 0.05) is 38.4 Å². The molecule has 1 saturated heterocycles. The summed E-state index contributed by atoms with van der Waals surface area (Å²) in [6.45, 7) is 3.80.